The van der Waals surface area contributed by atoms with E-state index in [0.717, 1.165) is 43.2 Å². The average Bonchev–Trinajstić information content (AvgIpc) is 3.16. The molecule has 0 amide bonds. The van der Waals surface area contributed by atoms with Gasteiger partial charge in [0.25, 0.3) is 0 Å². The molecular weight excluding hydrogens is 328 g/mol. The molecule has 0 atom stereocenters. The zero-order valence-electron chi connectivity index (χ0n) is 11.4. The van der Waals surface area contributed by atoms with Gasteiger partial charge in [-0.15, -0.1) is 0 Å². The van der Waals surface area contributed by atoms with Crippen LogP contribution in [0.1, 0.15) is 0 Å². The summed E-state index contributed by atoms with van der Waals surface area (Å²) < 4.78 is 35.8. The fraction of sp³-hybridized carbons (Fsp3) is 0.308. The van der Waals surface area contributed by atoms with E-state index in [-0.39, 0.29) is 5.52 Å². The lowest BCUT2D eigenvalue weighted by Crippen LogP contribution is -2.46. The number of fused-ring (bicyclic) bond motifs is 1. The summed E-state index contributed by atoms with van der Waals surface area (Å²) in [5, 5.41) is 0.732. The molecule has 3 heterocycles. The summed E-state index contributed by atoms with van der Waals surface area (Å²) in [6.07, 6.45) is 1.76. The van der Waals surface area contributed by atoms with Gasteiger partial charge >= 0.3 is 0 Å². The molecule has 22 heavy (non-hydrogen) atoms. The molecule has 1 aliphatic rings. The van der Waals surface area contributed by atoms with Crippen LogP contribution in [0.5, 0.6) is 0 Å². The molecule has 1 saturated heterocycles. The van der Waals surface area contributed by atoms with Gasteiger partial charge in [0.1, 0.15) is 11.3 Å². The Hall–Kier alpha value is -1.87. The molecule has 1 aliphatic heterocycles. The highest BCUT2D eigenvalue weighted by Gasteiger charge is 2.22. The van der Waals surface area contributed by atoms with E-state index in [0.29, 0.717) is 4.70 Å². The predicted octanol–water partition coefficient (Wildman–Crippen LogP) is 2.75. The average molecular weight is 339 g/mol. The van der Waals surface area contributed by atoms with E-state index in [1.807, 2.05) is 0 Å². The zero-order valence-corrected chi connectivity index (χ0v) is 13.0. The fourth-order valence-electron chi connectivity index (χ4n) is 2.51. The molecule has 0 spiro atoms. The Kier molecular flexibility index (Phi) is 3.38. The van der Waals surface area contributed by atoms with Crippen molar-refractivity contribution in [1.29, 1.82) is 0 Å². The van der Waals surface area contributed by atoms with Crippen LogP contribution < -0.4 is 9.80 Å². The number of aromatic nitrogens is 3. The number of hydrogen-bond acceptors (Lipinski definition) is 7. The second-order valence-corrected chi connectivity index (χ2v) is 6.54. The number of benzene rings is 1. The monoisotopic (exact) mass is 339 g/mol. The lowest BCUT2D eigenvalue weighted by Gasteiger charge is -2.34. The van der Waals surface area contributed by atoms with Gasteiger partial charge in [-0.1, -0.05) is 11.3 Å². The smallest absolute Gasteiger partial charge is 0.186 e. The van der Waals surface area contributed by atoms with Gasteiger partial charge in [0.05, 0.1) is 22.6 Å². The molecule has 3 aromatic rings. The first-order valence-corrected chi connectivity index (χ1v) is 8.28. The van der Waals surface area contributed by atoms with E-state index in [1.165, 1.54) is 29.1 Å². The molecule has 9 heteroatoms. The van der Waals surface area contributed by atoms with Crippen LogP contribution >= 0.6 is 23.1 Å². The Labute approximate surface area is 133 Å². The van der Waals surface area contributed by atoms with E-state index >= 15 is 0 Å². The molecule has 1 fully saturated rings. The highest BCUT2D eigenvalue weighted by molar-refractivity contribution is 7.22. The van der Waals surface area contributed by atoms with Crippen molar-refractivity contribution >= 4 is 44.2 Å². The van der Waals surface area contributed by atoms with Crippen molar-refractivity contribution in [3.05, 3.63) is 30.0 Å². The summed E-state index contributed by atoms with van der Waals surface area (Å²) in [7, 11) is 0. The fourth-order valence-corrected chi connectivity index (χ4v) is 4.00. The molecule has 0 bridgehead atoms. The van der Waals surface area contributed by atoms with Gasteiger partial charge in [-0.3, -0.25) is 0 Å². The standard InChI is InChI=1S/C13H11F2N5S2/c14-8-5-9(15)12-10(6-8)21-13(17-12)20-3-1-19(2-4-20)11-7-16-22-18-11/h5-7H,1-4H2. The SMILES string of the molecule is Fc1cc(F)c2nc(N3CCN(c4cnsn4)CC3)sc2c1. The third kappa shape index (κ3) is 2.40. The first-order chi connectivity index (χ1) is 10.7. The van der Waals surface area contributed by atoms with Crippen molar-refractivity contribution < 1.29 is 8.78 Å². The summed E-state index contributed by atoms with van der Waals surface area (Å²) in [5.41, 5.74) is 0.243. The van der Waals surface area contributed by atoms with Gasteiger partial charge in [0, 0.05) is 32.2 Å². The minimum absolute atomic E-state index is 0.243. The molecule has 0 saturated carbocycles. The zero-order chi connectivity index (χ0) is 15.1. The summed E-state index contributed by atoms with van der Waals surface area (Å²) in [4.78, 5) is 8.58. The van der Waals surface area contributed by atoms with Crippen molar-refractivity contribution in [3.8, 4) is 0 Å². The molecule has 0 aliphatic carbocycles. The van der Waals surface area contributed by atoms with Gasteiger partial charge in [0.15, 0.2) is 16.8 Å². The number of thiazole rings is 1. The Balaban J connectivity index is 1.55. The Bertz CT molecular complexity index is 796. The molecule has 1 aromatic carbocycles. The number of hydrogen-bond donors (Lipinski definition) is 0. The maximum atomic E-state index is 13.7. The van der Waals surface area contributed by atoms with Crippen LogP contribution in [0.15, 0.2) is 18.3 Å². The summed E-state index contributed by atoms with van der Waals surface area (Å²) in [6.45, 7) is 3.14. The van der Waals surface area contributed by atoms with Crippen molar-refractivity contribution in [2.45, 2.75) is 0 Å². The number of piperazine rings is 1. The lowest BCUT2D eigenvalue weighted by molar-refractivity contribution is 0.591. The maximum Gasteiger partial charge on any atom is 0.186 e. The van der Waals surface area contributed by atoms with Crippen LogP contribution in [-0.4, -0.2) is 39.9 Å². The van der Waals surface area contributed by atoms with Gasteiger partial charge in [0.2, 0.25) is 0 Å². The van der Waals surface area contributed by atoms with Crippen molar-refractivity contribution in [2.24, 2.45) is 0 Å². The highest BCUT2D eigenvalue weighted by atomic mass is 32.1. The van der Waals surface area contributed by atoms with E-state index in [9.17, 15) is 8.78 Å². The highest BCUT2D eigenvalue weighted by Crippen LogP contribution is 2.31. The molecule has 5 nitrogen and oxygen atoms in total. The van der Waals surface area contributed by atoms with Crippen LogP contribution in [0.4, 0.5) is 19.7 Å². The Morgan fingerprint density at radius 2 is 1.82 bits per heavy atom. The van der Waals surface area contributed by atoms with E-state index in [1.54, 1.807) is 6.20 Å². The molecule has 2 aromatic heterocycles. The first-order valence-electron chi connectivity index (χ1n) is 6.74. The van der Waals surface area contributed by atoms with E-state index in [2.05, 4.69) is 23.5 Å². The quantitative estimate of drug-likeness (QED) is 0.718. The topological polar surface area (TPSA) is 45.2 Å². The molecule has 4 rings (SSSR count). The minimum Gasteiger partial charge on any atom is -0.351 e. The third-order valence-corrected chi connectivity index (χ3v) is 5.16. The van der Waals surface area contributed by atoms with Crippen LogP contribution in [0, 0.1) is 11.6 Å². The third-order valence-electron chi connectivity index (χ3n) is 3.63. The summed E-state index contributed by atoms with van der Waals surface area (Å²) in [5.74, 6) is -0.284. The van der Waals surface area contributed by atoms with Crippen LogP contribution in [0.25, 0.3) is 10.2 Å². The normalized spacial score (nSPS) is 15.7. The predicted molar refractivity (Wildman–Crippen MR) is 83.9 cm³/mol. The van der Waals surface area contributed by atoms with Gasteiger partial charge in [-0.05, 0) is 6.07 Å². The molecule has 0 unspecified atom stereocenters. The minimum atomic E-state index is -0.607. The number of rotatable bonds is 2. The van der Waals surface area contributed by atoms with Crippen molar-refractivity contribution in [2.75, 3.05) is 36.0 Å². The number of nitrogens with zero attached hydrogens (tertiary/aromatic N) is 5. The lowest BCUT2D eigenvalue weighted by atomic mass is 10.3. The van der Waals surface area contributed by atoms with Crippen LogP contribution in [-0.2, 0) is 0 Å². The van der Waals surface area contributed by atoms with E-state index < -0.39 is 11.6 Å². The van der Waals surface area contributed by atoms with Crippen LogP contribution in [0.2, 0.25) is 0 Å². The second kappa shape index (κ2) is 5.40. The Morgan fingerprint density at radius 3 is 2.55 bits per heavy atom. The number of halogens is 2. The number of anilines is 2. The second-order valence-electron chi connectivity index (χ2n) is 4.97. The van der Waals surface area contributed by atoms with Crippen molar-refractivity contribution in [3.63, 3.8) is 0 Å². The van der Waals surface area contributed by atoms with E-state index in [4.69, 9.17) is 0 Å². The summed E-state index contributed by atoms with van der Waals surface area (Å²) >= 11 is 2.51. The molecule has 0 N–H and O–H groups in total. The maximum absolute atomic E-state index is 13.7. The Morgan fingerprint density at radius 1 is 1.05 bits per heavy atom. The van der Waals surface area contributed by atoms with Gasteiger partial charge in [-0.2, -0.15) is 8.75 Å². The molecule has 114 valence electrons. The molecular formula is C13H11F2N5S2. The first kappa shape index (κ1) is 13.8. The largest absolute Gasteiger partial charge is 0.351 e. The summed E-state index contributed by atoms with van der Waals surface area (Å²) in [6, 6.07) is 2.20. The van der Waals surface area contributed by atoms with Gasteiger partial charge in [-0.25, -0.2) is 13.8 Å². The van der Waals surface area contributed by atoms with Crippen LogP contribution in [0.3, 0.4) is 0 Å². The van der Waals surface area contributed by atoms with Crippen molar-refractivity contribution in [1.82, 2.24) is 13.7 Å². The molecule has 0 radical (unpaired) electrons. The van der Waals surface area contributed by atoms with Gasteiger partial charge < -0.3 is 9.80 Å².